The number of amides is 2. The Bertz CT molecular complexity index is 756. The van der Waals surface area contributed by atoms with E-state index in [-0.39, 0.29) is 18.1 Å². The van der Waals surface area contributed by atoms with Crippen LogP contribution in [0.25, 0.3) is 0 Å². The monoisotopic (exact) mass is 359 g/mol. The Morgan fingerprint density at radius 3 is 2.81 bits per heavy atom. The summed E-state index contributed by atoms with van der Waals surface area (Å²) in [7, 11) is 0. The summed E-state index contributed by atoms with van der Waals surface area (Å²) >= 11 is 0. The molecule has 26 heavy (non-hydrogen) atoms. The number of nitrogens with zero attached hydrogens (tertiary/aromatic N) is 5. The van der Waals surface area contributed by atoms with Crippen LogP contribution >= 0.6 is 0 Å². The van der Waals surface area contributed by atoms with Gasteiger partial charge in [-0.2, -0.15) is 0 Å². The van der Waals surface area contributed by atoms with Crippen LogP contribution in [0.2, 0.25) is 0 Å². The number of aryl methyl sites for hydroxylation is 1. The van der Waals surface area contributed by atoms with E-state index in [1.54, 1.807) is 29.9 Å². The summed E-state index contributed by atoms with van der Waals surface area (Å²) in [6, 6.07) is 3.32. The van der Waals surface area contributed by atoms with E-state index < -0.39 is 0 Å². The molecule has 2 amide bonds. The van der Waals surface area contributed by atoms with Crippen LogP contribution in [0.5, 0.6) is 0 Å². The van der Waals surface area contributed by atoms with Gasteiger partial charge in [0, 0.05) is 5.54 Å². The molecule has 0 aliphatic heterocycles. The molecule has 0 aromatic carbocycles. The Hall–Kier alpha value is -3.10. The van der Waals surface area contributed by atoms with E-state index in [4.69, 9.17) is 4.42 Å². The first-order chi connectivity index (χ1) is 12.3. The lowest BCUT2D eigenvalue weighted by atomic mass is 10.1. The molecule has 2 rings (SSSR count). The molecule has 2 aromatic rings. The van der Waals surface area contributed by atoms with Crippen molar-refractivity contribution in [1.29, 1.82) is 0 Å². The third-order valence-corrected chi connectivity index (χ3v) is 3.18. The lowest BCUT2D eigenvalue weighted by Gasteiger charge is -2.29. The van der Waals surface area contributed by atoms with E-state index in [9.17, 15) is 4.79 Å². The minimum atomic E-state index is -0.379. The Balaban J connectivity index is 2.25. The summed E-state index contributed by atoms with van der Waals surface area (Å²) in [5.41, 5.74) is 2.65. The van der Waals surface area contributed by atoms with Gasteiger partial charge in [0.05, 0.1) is 12.8 Å². The molecule has 0 unspecified atom stereocenters. The van der Waals surface area contributed by atoms with Crippen molar-refractivity contribution in [1.82, 2.24) is 30.5 Å². The largest absolute Gasteiger partial charge is 0.467 e. The smallest absolute Gasteiger partial charge is 0.336 e. The third-order valence-electron chi connectivity index (χ3n) is 3.18. The molecule has 2 N–H and O–H groups in total. The van der Waals surface area contributed by atoms with Crippen molar-refractivity contribution in [2.45, 2.75) is 39.8 Å². The van der Waals surface area contributed by atoms with Gasteiger partial charge in [-0.3, -0.25) is 9.99 Å². The van der Waals surface area contributed by atoms with Gasteiger partial charge in [0.15, 0.2) is 0 Å². The van der Waals surface area contributed by atoms with Gasteiger partial charge in [-0.1, -0.05) is 6.08 Å². The first-order valence-corrected chi connectivity index (χ1v) is 8.21. The van der Waals surface area contributed by atoms with Crippen molar-refractivity contribution in [2.24, 2.45) is 4.99 Å². The minimum absolute atomic E-state index is 0.281. The van der Waals surface area contributed by atoms with Gasteiger partial charge in [0.1, 0.15) is 24.5 Å². The summed E-state index contributed by atoms with van der Waals surface area (Å²) in [5, 5.41) is 12.1. The lowest BCUT2D eigenvalue weighted by Crippen LogP contribution is -2.56. The maximum atomic E-state index is 12.6. The topological polar surface area (TPSA) is 101 Å². The van der Waals surface area contributed by atoms with Crippen molar-refractivity contribution < 1.29 is 9.21 Å². The van der Waals surface area contributed by atoms with E-state index in [1.165, 1.54) is 11.3 Å². The minimum Gasteiger partial charge on any atom is -0.467 e. The van der Waals surface area contributed by atoms with Crippen LogP contribution in [0, 0.1) is 6.92 Å². The maximum absolute atomic E-state index is 12.6. The van der Waals surface area contributed by atoms with Gasteiger partial charge in [-0.15, -0.1) is 16.8 Å². The molecular weight excluding hydrogens is 334 g/mol. The number of aromatic nitrogens is 3. The standard InChI is InChI=1S/C17H25N7O2/c1-6-9-24(16(25)20-17(3,4)5)22-15(23-12-19-21-13(23)2)18-11-14-8-7-10-26-14/h6-8,10,12H,1,9,11H2,2-5H3,(H,18,22)(H,20,25). The van der Waals surface area contributed by atoms with Gasteiger partial charge in [0.25, 0.3) is 0 Å². The molecule has 2 aromatic heterocycles. The number of hydrogen-bond donors (Lipinski definition) is 2. The fraction of sp³-hybridized carbons (Fsp3) is 0.412. The van der Waals surface area contributed by atoms with Gasteiger partial charge in [-0.05, 0) is 39.8 Å². The number of carbonyl (C=O) groups is 1. The van der Waals surface area contributed by atoms with Crippen molar-refractivity contribution in [2.75, 3.05) is 6.54 Å². The molecular formula is C17H25N7O2. The van der Waals surface area contributed by atoms with Crippen molar-refractivity contribution in [3.05, 3.63) is 49.0 Å². The zero-order valence-electron chi connectivity index (χ0n) is 15.6. The van der Waals surface area contributed by atoms with Crippen LogP contribution in [0.4, 0.5) is 4.79 Å². The van der Waals surface area contributed by atoms with Crippen molar-refractivity contribution in [3.8, 4) is 0 Å². The molecule has 0 spiro atoms. The van der Waals surface area contributed by atoms with Crippen molar-refractivity contribution in [3.63, 3.8) is 0 Å². The fourth-order valence-corrected chi connectivity index (χ4v) is 2.04. The molecule has 0 radical (unpaired) electrons. The molecule has 0 atom stereocenters. The number of hydrazine groups is 1. The Morgan fingerprint density at radius 2 is 2.27 bits per heavy atom. The molecule has 0 saturated carbocycles. The average Bonchev–Trinajstić information content (AvgIpc) is 3.20. The van der Waals surface area contributed by atoms with E-state index in [2.05, 4.69) is 32.5 Å². The lowest BCUT2D eigenvalue weighted by molar-refractivity contribution is 0.183. The number of furan rings is 1. The van der Waals surface area contributed by atoms with Crippen LogP contribution in [0.15, 0.2) is 46.8 Å². The van der Waals surface area contributed by atoms with E-state index in [1.807, 2.05) is 26.8 Å². The Kier molecular flexibility index (Phi) is 6.16. The zero-order chi connectivity index (χ0) is 19.2. The summed E-state index contributed by atoms with van der Waals surface area (Å²) in [5.74, 6) is 1.73. The summed E-state index contributed by atoms with van der Waals surface area (Å²) in [6.07, 6.45) is 4.73. The number of rotatable bonds is 4. The summed E-state index contributed by atoms with van der Waals surface area (Å²) in [6.45, 7) is 11.8. The summed E-state index contributed by atoms with van der Waals surface area (Å²) in [4.78, 5) is 17.1. The van der Waals surface area contributed by atoms with Gasteiger partial charge in [0.2, 0.25) is 5.96 Å². The number of hydrogen-bond acceptors (Lipinski definition) is 5. The molecule has 2 heterocycles. The number of aliphatic imine (C=N–C) groups is 1. The van der Waals surface area contributed by atoms with E-state index in [0.717, 1.165) is 0 Å². The second-order valence-corrected chi connectivity index (χ2v) is 6.66. The molecule has 0 bridgehead atoms. The average molecular weight is 359 g/mol. The highest BCUT2D eigenvalue weighted by Crippen LogP contribution is 2.04. The molecule has 0 fully saturated rings. The Morgan fingerprint density at radius 1 is 1.50 bits per heavy atom. The highest BCUT2D eigenvalue weighted by atomic mass is 16.3. The second kappa shape index (κ2) is 8.32. The first-order valence-electron chi connectivity index (χ1n) is 8.21. The molecule has 0 saturated heterocycles. The third kappa shape index (κ3) is 5.47. The maximum Gasteiger partial charge on any atom is 0.336 e. The number of carbonyl (C=O) groups excluding carboxylic acids is 1. The molecule has 0 aliphatic carbocycles. The number of urea groups is 1. The molecule has 140 valence electrons. The molecule has 9 nitrogen and oxygen atoms in total. The SMILES string of the molecule is C=CCN(NC(=NCc1ccco1)n1cnnc1C)C(=O)NC(C)(C)C. The van der Waals surface area contributed by atoms with Crippen LogP contribution in [-0.2, 0) is 6.54 Å². The highest BCUT2D eigenvalue weighted by molar-refractivity contribution is 5.85. The number of nitrogens with one attached hydrogen (secondary N) is 2. The predicted molar refractivity (Wildman–Crippen MR) is 98.3 cm³/mol. The Labute approximate surface area is 152 Å². The highest BCUT2D eigenvalue weighted by Gasteiger charge is 2.21. The second-order valence-electron chi connectivity index (χ2n) is 6.66. The zero-order valence-corrected chi connectivity index (χ0v) is 15.6. The first kappa shape index (κ1) is 19.2. The van der Waals surface area contributed by atoms with Crippen LogP contribution in [0.3, 0.4) is 0 Å². The van der Waals surface area contributed by atoms with Crippen LogP contribution < -0.4 is 10.7 Å². The van der Waals surface area contributed by atoms with Gasteiger partial charge < -0.3 is 9.73 Å². The predicted octanol–water partition coefficient (Wildman–Crippen LogP) is 2.08. The van der Waals surface area contributed by atoms with Crippen LogP contribution in [0.1, 0.15) is 32.4 Å². The summed E-state index contributed by atoms with van der Waals surface area (Å²) < 4.78 is 6.97. The fourth-order valence-electron chi connectivity index (χ4n) is 2.04. The van der Waals surface area contributed by atoms with Crippen LogP contribution in [-0.4, -0.2) is 43.8 Å². The van der Waals surface area contributed by atoms with Gasteiger partial charge >= 0.3 is 6.03 Å². The van der Waals surface area contributed by atoms with E-state index in [0.29, 0.717) is 24.1 Å². The van der Waals surface area contributed by atoms with E-state index >= 15 is 0 Å². The van der Waals surface area contributed by atoms with Gasteiger partial charge in [-0.25, -0.2) is 14.8 Å². The molecule has 9 heteroatoms. The quantitative estimate of drug-likeness (QED) is 0.377. The molecule has 0 aliphatic rings. The normalized spacial score (nSPS) is 11.9. The van der Waals surface area contributed by atoms with Crippen molar-refractivity contribution >= 4 is 12.0 Å².